The monoisotopic (exact) mass is 330 g/mol. The third-order valence-corrected chi connectivity index (χ3v) is 3.40. The van der Waals surface area contributed by atoms with E-state index in [0.29, 0.717) is 23.1 Å². The van der Waals surface area contributed by atoms with Gasteiger partial charge in [0.25, 0.3) is 5.56 Å². The molecule has 0 bridgehead atoms. The fraction of sp³-hybridized carbons (Fsp3) is 0.0714. The Morgan fingerprint density at radius 2 is 2.00 bits per heavy atom. The molecule has 0 aliphatic rings. The topological polar surface area (TPSA) is 73.8 Å². The van der Waals surface area contributed by atoms with Crippen LogP contribution < -0.4 is 11.3 Å². The van der Waals surface area contributed by atoms with Gasteiger partial charge >= 0.3 is 0 Å². The van der Waals surface area contributed by atoms with Gasteiger partial charge in [0.15, 0.2) is 0 Å². The summed E-state index contributed by atoms with van der Waals surface area (Å²) in [6, 6.07) is 12.7. The number of nitrogens with two attached hydrogens (primary N) is 1. The first-order valence-electron chi connectivity index (χ1n) is 6.01. The van der Waals surface area contributed by atoms with Gasteiger partial charge in [0.2, 0.25) is 0 Å². The van der Waals surface area contributed by atoms with Crippen molar-refractivity contribution < 1.29 is 0 Å². The number of fused-ring (bicyclic) bond motifs is 1. The standard InChI is InChI=1S/C14H11BrN4O/c15-10-5-9(6-11(16)7-10)8-19-14(20)12-3-1-2-4-13(12)17-18-19/h1-7H,8,16H2. The lowest BCUT2D eigenvalue weighted by molar-refractivity contribution is 0.601. The summed E-state index contributed by atoms with van der Waals surface area (Å²) in [6.45, 7) is 0.334. The smallest absolute Gasteiger partial charge is 0.277 e. The molecule has 2 N–H and O–H groups in total. The molecule has 0 amide bonds. The normalized spacial score (nSPS) is 10.8. The van der Waals surface area contributed by atoms with Gasteiger partial charge in [-0.15, -0.1) is 5.10 Å². The van der Waals surface area contributed by atoms with E-state index in [9.17, 15) is 4.79 Å². The molecule has 5 nitrogen and oxygen atoms in total. The summed E-state index contributed by atoms with van der Waals surface area (Å²) >= 11 is 3.38. The minimum atomic E-state index is -0.158. The highest BCUT2D eigenvalue weighted by Crippen LogP contribution is 2.17. The first kappa shape index (κ1) is 12.8. The quantitative estimate of drug-likeness (QED) is 0.731. The number of hydrogen-bond acceptors (Lipinski definition) is 4. The maximum Gasteiger partial charge on any atom is 0.277 e. The molecule has 0 fully saturated rings. The largest absolute Gasteiger partial charge is 0.399 e. The zero-order chi connectivity index (χ0) is 14.1. The Hall–Kier alpha value is -2.21. The van der Waals surface area contributed by atoms with Gasteiger partial charge in [-0.05, 0) is 35.9 Å². The molecule has 1 aromatic heterocycles. The van der Waals surface area contributed by atoms with Gasteiger partial charge in [-0.1, -0.05) is 33.3 Å². The molecule has 100 valence electrons. The summed E-state index contributed by atoms with van der Waals surface area (Å²) in [5.41, 5.74) is 7.76. The van der Waals surface area contributed by atoms with Crippen molar-refractivity contribution >= 4 is 32.5 Å². The predicted octanol–water partition coefficient (Wildman–Crippen LogP) is 2.18. The molecule has 2 aromatic carbocycles. The van der Waals surface area contributed by atoms with Crippen molar-refractivity contribution in [3.8, 4) is 0 Å². The minimum Gasteiger partial charge on any atom is -0.399 e. The van der Waals surface area contributed by atoms with Crippen LogP contribution >= 0.6 is 15.9 Å². The number of nitrogens with zero attached hydrogens (tertiary/aromatic N) is 3. The highest BCUT2D eigenvalue weighted by atomic mass is 79.9. The van der Waals surface area contributed by atoms with Crippen LogP contribution in [0.1, 0.15) is 5.56 Å². The summed E-state index contributed by atoms with van der Waals surface area (Å²) in [5.74, 6) is 0. The second-order valence-corrected chi connectivity index (χ2v) is 5.38. The number of benzene rings is 2. The molecule has 0 saturated carbocycles. The fourth-order valence-corrected chi connectivity index (χ4v) is 2.62. The third kappa shape index (κ3) is 2.42. The van der Waals surface area contributed by atoms with Gasteiger partial charge in [-0.2, -0.15) is 0 Å². The van der Waals surface area contributed by atoms with Crippen molar-refractivity contribution in [2.75, 3.05) is 5.73 Å². The number of hydrogen-bond donors (Lipinski definition) is 1. The number of aromatic nitrogens is 3. The average Bonchev–Trinajstić information content (AvgIpc) is 2.41. The minimum absolute atomic E-state index is 0.158. The maximum atomic E-state index is 12.3. The second kappa shape index (κ2) is 5.05. The van der Waals surface area contributed by atoms with Crippen LogP contribution in [0.3, 0.4) is 0 Å². The van der Waals surface area contributed by atoms with Gasteiger partial charge in [0, 0.05) is 10.2 Å². The van der Waals surface area contributed by atoms with Crippen LogP contribution in [0.15, 0.2) is 51.7 Å². The number of halogens is 1. The predicted molar refractivity (Wildman–Crippen MR) is 81.5 cm³/mol. The van der Waals surface area contributed by atoms with Crippen molar-refractivity contribution in [1.29, 1.82) is 0 Å². The Bertz CT molecular complexity index is 824. The van der Waals surface area contributed by atoms with Crippen LogP contribution in [-0.4, -0.2) is 15.0 Å². The summed E-state index contributed by atoms with van der Waals surface area (Å²) < 4.78 is 2.21. The zero-order valence-electron chi connectivity index (χ0n) is 10.5. The number of nitrogen functional groups attached to an aromatic ring is 1. The first-order valence-corrected chi connectivity index (χ1v) is 6.80. The lowest BCUT2D eigenvalue weighted by atomic mass is 10.2. The summed E-state index contributed by atoms with van der Waals surface area (Å²) in [4.78, 5) is 12.3. The van der Waals surface area contributed by atoms with Gasteiger partial charge in [-0.25, -0.2) is 4.68 Å². The first-order chi connectivity index (χ1) is 9.63. The molecule has 6 heteroatoms. The van der Waals surface area contributed by atoms with E-state index in [1.807, 2.05) is 24.3 Å². The maximum absolute atomic E-state index is 12.3. The van der Waals surface area contributed by atoms with Crippen molar-refractivity contribution in [2.24, 2.45) is 0 Å². The van der Waals surface area contributed by atoms with E-state index in [1.165, 1.54) is 4.68 Å². The molecular formula is C14H11BrN4O. The molecule has 0 atom stereocenters. The molecule has 0 unspecified atom stereocenters. The Balaban J connectivity index is 2.07. The van der Waals surface area contributed by atoms with E-state index in [4.69, 9.17) is 5.73 Å². The van der Waals surface area contributed by atoms with E-state index in [1.54, 1.807) is 18.2 Å². The van der Waals surface area contributed by atoms with Crippen molar-refractivity contribution in [1.82, 2.24) is 15.0 Å². The number of anilines is 1. The lowest BCUT2D eigenvalue weighted by Crippen LogP contribution is -2.24. The summed E-state index contributed by atoms with van der Waals surface area (Å²) in [5, 5.41) is 8.57. The van der Waals surface area contributed by atoms with E-state index in [2.05, 4.69) is 26.2 Å². The summed E-state index contributed by atoms with van der Waals surface area (Å²) in [7, 11) is 0. The molecule has 0 saturated heterocycles. The SMILES string of the molecule is Nc1cc(Br)cc(Cn2nnc3ccccc3c2=O)c1. The molecule has 1 heterocycles. The Kier molecular flexibility index (Phi) is 3.23. The highest BCUT2D eigenvalue weighted by Gasteiger charge is 2.06. The Morgan fingerprint density at radius 1 is 1.20 bits per heavy atom. The van der Waals surface area contributed by atoms with Gasteiger partial charge in [0.05, 0.1) is 11.9 Å². The lowest BCUT2D eigenvalue weighted by Gasteiger charge is -2.06. The van der Waals surface area contributed by atoms with Crippen molar-refractivity contribution in [2.45, 2.75) is 6.54 Å². The van der Waals surface area contributed by atoms with Crippen LogP contribution in [-0.2, 0) is 6.54 Å². The Morgan fingerprint density at radius 3 is 2.80 bits per heavy atom. The fourth-order valence-electron chi connectivity index (χ4n) is 2.07. The molecule has 3 rings (SSSR count). The molecule has 3 aromatic rings. The average molecular weight is 331 g/mol. The van der Waals surface area contributed by atoms with E-state index in [-0.39, 0.29) is 5.56 Å². The molecular weight excluding hydrogens is 320 g/mol. The Labute approximate surface area is 123 Å². The van der Waals surface area contributed by atoms with Crippen LogP contribution in [0.5, 0.6) is 0 Å². The van der Waals surface area contributed by atoms with E-state index < -0.39 is 0 Å². The van der Waals surface area contributed by atoms with Crippen molar-refractivity contribution in [3.05, 3.63) is 62.9 Å². The van der Waals surface area contributed by atoms with Crippen LogP contribution in [0.2, 0.25) is 0 Å². The third-order valence-electron chi connectivity index (χ3n) is 2.94. The number of rotatable bonds is 2. The van der Waals surface area contributed by atoms with Gasteiger partial charge in [0.1, 0.15) is 5.52 Å². The zero-order valence-corrected chi connectivity index (χ0v) is 12.0. The van der Waals surface area contributed by atoms with E-state index in [0.717, 1.165) is 10.0 Å². The molecule has 0 spiro atoms. The second-order valence-electron chi connectivity index (χ2n) is 4.46. The molecule has 0 aliphatic carbocycles. The van der Waals surface area contributed by atoms with E-state index >= 15 is 0 Å². The van der Waals surface area contributed by atoms with Crippen LogP contribution in [0, 0.1) is 0 Å². The molecule has 0 aliphatic heterocycles. The molecule has 20 heavy (non-hydrogen) atoms. The van der Waals surface area contributed by atoms with Crippen molar-refractivity contribution in [3.63, 3.8) is 0 Å². The summed E-state index contributed by atoms with van der Waals surface area (Å²) in [6.07, 6.45) is 0. The van der Waals surface area contributed by atoms with Crippen LogP contribution in [0.25, 0.3) is 10.9 Å². The van der Waals surface area contributed by atoms with Crippen LogP contribution in [0.4, 0.5) is 5.69 Å². The highest BCUT2D eigenvalue weighted by molar-refractivity contribution is 9.10. The van der Waals surface area contributed by atoms with Gasteiger partial charge < -0.3 is 5.73 Å². The molecule has 0 radical (unpaired) electrons. The van der Waals surface area contributed by atoms with Gasteiger partial charge in [-0.3, -0.25) is 4.79 Å².